The van der Waals surface area contributed by atoms with Crippen LogP contribution >= 0.6 is 0 Å². The highest BCUT2D eigenvalue weighted by molar-refractivity contribution is 5.96. The van der Waals surface area contributed by atoms with Gasteiger partial charge in [0.05, 0.1) is 18.3 Å². The Bertz CT molecular complexity index is 929. The van der Waals surface area contributed by atoms with Gasteiger partial charge in [-0.25, -0.2) is 4.79 Å². The Hall–Kier alpha value is -2.60. The number of rotatable bonds is 18. The number of aromatic nitrogens is 2. The summed E-state index contributed by atoms with van der Waals surface area (Å²) in [5.74, 6) is -0.172. The lowest BCUT2D eigenvalue weighted by molar-refractivity contribution is 0.0322. The molecule has 0 aliphatic heterocycles. The molecule has 1 atom stereocenters. The minimum absolute atomic E-state index is 0.0313. The smallest absolute Gasteiger partial charge is 0.339 e. The van der Waals surface area contributed by atoms with Crippen molar-refractivity contribution >= 4 is 11.8 Å². The van der Waals surface area contributed by atoms with Crippen molar-refractivity contribution in [2.75, 3.05) is 6.61 Å². The van der Waals surface area contributed by atoms with Gasteiger partial charge in [-0.05, 0) is 60.8 Å². The van der Waals surface area contributed by atoms with E-state index in [9.17, 15) is 14.7 Å². The van der Waals surface area contributed by atoms with Crippen molar-refractivity contribution in [2.45, 2.75) is 104 Å². The lowest BCUT2D eigenvalue weighted by atomic mass is 9.81. The predicted molar refractivity (Wildman–Crippen MR) is 147 cm³/mol. The molecule has 0 radical (unpaired) electrons. The molecule has 2 aromatic rings. The van der Waals surface area contributed by atoms with Gasteiger partial charge in [0.1, 0.15) is 0 Å². The van der Waals surface area contributed by atoms with Crippen LogP contribution in [-0.4, -0.2) is 39.5 Å². The lowest BCUT2D eigenvalue weighted by Gasteiger charge is -2.24. The van der Waals surface area contributed by atoms with Gasteiger partial charge in [0.15, 0.2) is 5.78 Å². The fourth-order valence-corrected chi connectivity index (χ4v) is 4.52. The van der Waals surface area contributed by atoms with Gasteiger partial charge < -0.3 is 9.84 Å². The van der Waals surface area contributed by atoms with Crippen LogP contribution in [0, 0.1) is 10.8 Å². The summed E-state index contributed by atoms with van der Waals surface area (Å²) in [5, 5.41) is 10.4. The predicted octanol–water partition coefficient (Wildman–Crippen LogP) is 7.22. The van der Waals surface area contributed by atoms with Crippen molar-refractivity contribution < 1.29 is 19.4 Å². The Kier molecular flexibility index (Phi) is 12.9. The first-order valence-corrected chi connectivity index (χ1v) is 13.8. The monoisotopic (exact) mass is 510 g/mol. The van der Waals surface area contributed by atoms with E-state index in [2.05, 4.69) is 37.7 Å². The van der Waals surface area contributed by atoms with Crippen molar-refractivity contribution in [1.29, 1.82) is 0 Å². The third-order valence-electron chi connectivity index (χ3n) is 6.90. The summed E-state index contributed by atoms with van der Waals surface area (Å²) in [5.41, 5.74) is 1.06. The van der Waals surface area contributed by atoms with Crippen LogP contribution in [0.3, 0.4) is 0 Å². The number of pyridine rings is 2. The van der Waals surface area contributed by atoms with Crippen molar-refractivity contribution in [1.82, 2.24) is 9.97 Å². The Morgan fingerprint density at radius 1 is 0.811 bits per heavy atom. The molecule has 204 valence electrons. The number of aliphatic hydroxyl groups excluding tert-OH is 1. The highest BCUT2D eigenvalue weighted by atomic mass is 16.5. The first-order valence-electron chi connectivity index (χ1n) is 13.8. The molecule has 2 aromatic heterocycles. The van der Waals surface area contributed by atoms with E-state index >= 15 is 0 Å². The number of ketones is 1. The summed E-state index contributed by atoms with van der Waals surface area (Å²) < 4.78 is 5.47. The second-order valence-corrected chi connectivity index (χ2v) is 11.8. The maximum atomic E-state index is 12.5. The molecule has 1 N–H and O–H groups in total. The fraction of sp³-hybridized carbons (Fsp3) is 0.613. The maximum Gasteiger partial charge on any atom is 0.339 e. The van der Waals surface area contributed by atoms with Crippen molar-refractivity contribution in [3.8, 4) is 0 Å². The van der Waals surface area contributed by atoms with Crippen LogP contribution in [0.5, 0.6) is 0 Å². The number of carbonyl (C=O) groups is 2. The summed E-state index contributed by atoms with van der Waals surface area (Å²) in [4.78, 5) is 32.6. The van der Waals surface area contributed by atoms with E-state index in [-0.39, 0.29) is 28.7 Å². The minimum Gasteiger partial charge on any atom is -0.461 e. The van der Waals surface area contributed by atoms with E-state index in [1.54, 1.807) is 36.8 Å². The summed E-state index contributed by atoms with van der Waals surface area (Å²) in [6, 6.07) is 7.07. The molecule has 37 heavy (non-hydrogen) atoms. The summed E-state index contributed by atoms with van der Waals surface area (Å²) in [6.45, 7) is 8.94. The number of Topliss-reactive ketones (excluding diaryl/α,β-unsaturated/α-hetero) is 1. The third kappa shape index (κ3) is 13.0. The third-order valence-corrected chi connectivity index (χ3v) is 6.90. The van der Waals surface area contributed by atoms with E-state index < -0.39 is 0 Å². The molecule has 0 aliphatic carbocycles. The lowest BCUT2D eigenvalue weighted by Crippen LogP contribution is -2.22. The SMILES string of the molecule is CC(C)(CCCCCC(O)CCCCCC(C)(C)CC(=O)c1cccnc1)COC(=O)c1cccnc1. The number of hydrogen-bond donors (Lipinski definition) is 1. The van der Waals surface area contributed by atoms with Gasteiger partial charge in [-0.3, -0.25) is 14.8 Å². The molecule has 0 aliphatic rings. The quantitative estimate of drug-likeness (QED) is 0.129. The normalized spacial score (nSPS) is 12.8. The van der Waals surface area contributed by atoms with Crippen LogP contribution in [-0.2, 0) is 4.74 Å². The van der Waals surface area contributed by atoms with E-state index in [4.69, 9.17) is 4.74 Å². The summed E-state index contributed by atoms with van der Waals surface area (Å²) in [6.07, 6.45) is 16.7. The van der Waals surface area contributed by atoms with Gasteiger partial charge >= 0.3 is 5.97 Å². The van der Waals surface area contributed by atoms with Crippen LogP contribution in [0.15, 0.2) is 49.1 Å². The first-order chi connectivity index (χ1) is 17.6. The van der Waals surface area contributed by atoms with E-state index in [1.807, 2.05) is 6.07 Å². The van der Waals surface area contributed by atoms with Crippen molar-refractivity contribution in [3.63, 3.8) is 0 Å². The molecule has 0 fully saturated rings. The number of carbonyl (C=O) groups excluding carboxylic acids is 2. The highest BCUT2D eigenvalue weighted by Crippen LogP contribution is 2.30. The molecule has 6 nitrogen and oxygen atoms in total. The number of unbranched alkanes of at least 4 members (excludes halogenated alkanes) is 4. The number of esters is 1. The molecule has 0 aromatic carbocycles. The molecule has 2 rings (SSSR count). The molecule has 0 saturated carbocycles. The molecule has 0 bridgehead atoms. The zero-order valence-electron chi connectivity index (χ0n) is 23.2. The number of nitrogens with zero attached hydrogens (tertiary/aromatic N) is 2. The Morgan fingerprint density at radius 3 is 1.89 bits per heavy atom. The van der Waals surface area contributed by atoms with Crippen molar-refractivity contribution in [2.24, 2.45) is 10.8 Å². The van der Waals surface area contributed by atoms with Crippen LogP contribution in [0.25, 0.3) is 0 Å². The van der Waals surface area contributed by atoms with Crippen LogP contribution in [0.2, 0.25) is 0 Å². The maximum absolute atomic E-state index is 12.5. The number of hydrogen-bond acceptors (Lipinski definition) is 6. The topological polar surface area (TPSA) is 89.4 Å². The molecule has 6 heteroatoms. The van der Waals surface area contributed by atoms with E-state index in [1.165, 1.54) is 6.20 Å². The number of aliphatic hydroxyl groups is 1. The average molecular weight is 511 g/mol. The molecule has 0 spiro atoms. The zero-order valence-corrected chi connectivity index (χ0v) is 23.2. The Morgan fingerprint density at radius 2 is 1.35 bits per heavy atom. The van der Waals surface area contributed by atoms with Crippen LogP contribution < -0.4 is 0 Å². The molecular formula is C31H46N2O4. The second-order valence-electron chi connectivity index (χ2n) is 11.8. The molecule has 1 unspecified atom stereocenters. The van der Waals surface area contributed by atoms with Gasteiger partial charge in [-0.15, -0.1) is 0 Å². The largest absolute Gasteiger partial charge is 0.461 e. The van der Waals surface area contributed by atoms with Crippen LogP contribution in [0.1, 0.15) is 119 Å². The van der Waals surface area contributed by atoms with Gasteiger partial charge in [-0.1, -0.05) is 66.2 Å². The highest BCUT2D eigenvalue weighted by Gasteiger charge is 2.23. The molecule has 2 heterocycles. The summed E-state index contributed by atoms with van der Waals surface area (Å²) >= 11 is 0. The van der Waals surface area contributed by atoms with E-state index in [0.29, 0.717) is 24.2 Å². The summed E-state index contributed by atoms with van der Waals surface area (Å²) in [7, 11) is 0. The Labute approximate surface area is 223 Å². The minimum atomic E-state index is -0.328. The second kappa shape index (κ2) is 15.6. The first kappa shape index (κ1) is 30.6. The van der Waals surface area contributed by atoms with Gasteiger partial charge in [-0.2, -0.15) is 0 Å². The Balaban J connectivity index is 1.50. The van der Waals surface area contributed by atoms with Crippen molar-refractivity contribution in [3.05, 3.63) is 60.2 Å². The molecular weight excluding hydrogens is 464 g/mol. The van der Waals surface area contributed by atoms with Gasteiger partial charge in [0, 0.05) is 36.8 Å². The fourth-order valence-electron chi connectivity index (χ4n) is 4.52. The van der Waals surface area contributed by atoms with Gasteiger partial charge in [0.25, 0.3) is 0 Å². The molecule has 0 amide bonds. The average Bonchev–Trinajstić information content (AvgIpc) is 2.87. The van der Waals surface area contributed by atoms with Crippen LogP contribution in [0.4, 0.5) is 0 Å². The standard InChI is InChI=1S/C31H46N2O4/c1-30(2,21-28(35)25-13-11-19-32-22-25)17-9-5-7-15-27(34)16-8-6-10-18-31(3,4)24-37-29(36)26-14-12-20-33-23-26/h11-14,19-20,22-23,27,34H,5-10,15-18,21,24H2,1-4H3. The van der Waals surface area contributed by atoms with Gasteiger partial charge in [0.2, 0.25) is 0 Å². The number of ether oxygens (including phenoxy) is 1. The zero-order chi connectivity index (χ0) is 27.2. The van der Waals surface area contributed by atoms with E-state index in [0.717, 1.165) is 64.2 Å². The molecule has 0 saturated heterocycles.